The molecule has 0 saturated heterocycles. The summed E-state index contributed by atoms with van der Waals surface area (Å²) < 4.78 is 6.97. The van der Waals surface area contributed by atoms with Crippen molar-refractivity contribution < 1.29 is 4.74 Å². The molecule has 0 saturated carbocycles. The van der Waals surface area contributed by atoms with Gasteiger partial charge in [-0.15, -0.1) is 12.4 Å². The number of rotatable bonds is 4. The number of aryl methyl sites for hydroxylation is 2. The lowest BCUT2D eigenvalue weighted by molar-refractivity contribution is 0.414. The molecular weight excluding hydrogens is 250 g/mol. The maximum absolute atomic E-state index is 5.12. The van der Waals surface area contributed by atoms with Crippen LogP contribution >= 0.6 is 12.4 Å². The monoisotopic (exact) mass is 267 g/mol. The fraction of sp³-hybridized carbons (Fsp3) is 0.308. The molecule has 1 aromatic carbocycles. The minimum absolute atomic E-state index is 0. The first-order valence-electron chi connectivity index (χ1n) is 5.56. The smallest absolute Gasteiger partial charge is 0.124 e. The Labute approximate surface area is 113 Å². The van der Waals surface area contributed by atoms with E-state index in [1.165, 1.54) is 5.56 Å². The summed E-state index contributed by atoms with van der Waals surface area (Å²) in [5.74, 6) is 1.91. The molecule has 0 aliphatic rings. The fourth-order valence-corrected chi connectivity index (χ4v) is 1.71. The van der Waals surface area contributed by atoms with Crippen LogP contribution in [0.4, 0.5) is 5.82 Å². The standard InChI is InChI=1S/C13H17N3O.ClH/c1-10-8-13(16(2)15-10)14-9-11-4-6-12(17-3)7-5-11;/h4-8,14H,9H2,1-3H3;1H. The molecule has 0 fully saturated rings. The first-order chi connectivity index (χ1) is 8.19. The van der Waals surface area contributed by atoms with E-state index in [0.29, 0.717) is 0 Å². The van der Waals surface area contributed by atoms with Gasteiger partial charge in [0.1, 0.15) is 11.6 Å². The number of nitrogens with zero attached hydrogens (tertiary/aromatic N) is 2. The highest BCUT2D eigenvalue weighted by Gasteiger charge is 2.01. The van der Waals surface area contributed by atoms with E-state index < -0.39 is 0 Å². The number of hydrogen-bond acceptors (Lipinski definition) is 3. The van der Waals surface area contributed by atoms with Crippen molar-refractivity contribution in [1.82, 2.24) is 9.78 Å². The van der Waals surface area contributed by atoms with Crippen molar-refractivity contribution in [2.75, 3.05) is 12.4 Å². The topological polar surface area (TPSA) is 39.1 Å². The summed E-state index contributed by atoms with van der Waals surface area (Å²) >= 11 is 0. The Kier molecular flexibility index (Phi) is 5.04. The molecule has 0 aliphatic carbocycles. The second-order valence-electron chi connectivity index (χ2n) is 4.00. The minimum Gasteiger partial charge on any atom is -0.497 e. The van der Waals surface area contributed by atoms with Crippen molar-refractivity contribution in [3.63, 3.8) is 0 Å². The average molecular weight is 268 g/mol. The van der Waals surface area contributed by atoms with Crippen molar-refractivity contribution in [3.8, 4) is 5.75 Å². The highest BCUT2D eigenvalue weighted by atomic mass is 35.5. The molecule has 0 bridgehead atoms. The van der Waals surface area contributed by atoms with Crippen LogP contribution in [0, 0.1) is 6.92 Å². The second kappa shape index (κ2) is 6.31. The molecule has 1 heterocycles. The number of nitrogens with one attached hydrogen (secondary N) is 1. The van der Waals surface area contributed by atoms with Crippen LogP contribution in [0.15, 0.2) is 30.3 Å². The summed E-state index contributed by atoms with van der Waals surface area (Å²) in [6.45, 7) is 2.77. The number of methoxy groups -OCH3 is 1. The molecule has 0 atom stereocenters. The normalized spacial score (nSPS) is 9.72. The molecule has 5 heteroatoms. The molecule has 0 unspecified atom stereocenters. The number of benzene rings is 1. The second-order valence-corrected chi connectivity index (χ2v) is 4.00. The predicted molar refractivity (Wildman–Crippen MR) is 75.5 cm³/mol. The van der Waals surface area contributed by atoms with Crippen LogP contribution < -0.4 is 10.1 Å². The van der Waals surface area contributed by atoms with E-state index in [2.05, 4.69) is 22.5 Å². The summed E-state index contributed by atoms with van der Waals surface area (Å²) in [6, 6.07) is 10.1. The van der Waals surface area contributed by atoms with E-state index in [-0.39, 0.29) is 12.4 Å². The molecule has 1 aromatic heterocycles. The number of aromatic nitrogens is 2. The average Bonchev–Trinajstić information content (AvgIpc) is 2.66. The van der Waals surface area contributed by atoms with Gasteiger partial charge in [-0.2, -0.15) is 5.10 Å². The lowest BCUT2D eigenvalue weighted by Gasteiger charge is -2.07. The number of hydrogen-bond donors (Lipinski definition) is 1. The van der Waals surface area contributed by atoms with Crippen LogP contribution in [0.25, 0.3) is 0 Å². The van der Waals surface area contributed by atoms with E-state index in [1.54, 1.807) is 7.11 Å². The van der Waals surface area contributed by atoms with Crippen LogP contribution in [0.5, 0.6) is 5.75 Å². The third-order valence-electron chi connectivity index (χ3n) is 2.63. The molecule has 2 rings (SSSR count). The number of halogens is 1. The maximum Gasteiger partial charge on any atom is 0.124 e. The SMILES string of the molecule is COc1ccc(CNc2cc(C)nn2C)cc1.Cl. The summed E-state index contributed by atoms with van der Waals surface area (Å²) in [5, 5.41) is 7.63. The van der Waals surface area contributed by atoms with Crippen molar-refractivity contribution >= 4 is 18.2 Å². The Morgan fingerprint density at radius 3 is 2.44 bits per heavy atom. The number of ether oxygens (including phenoxy) is 1. The third-order valence-corrected chi connectivity index (χ3v) is 2.63. The summed E-state index contributed by atoms with van der Waals surface area (Å²) in [5.41, 5.74) is 2.23. The minimum atomic E-state index is 0. The van der Waals surface area contributed by atoms with Gasteiger partial charge in [-0.3, -0.25) is 4.68 Å². The highest BCUT2D eigenvalue weighted by Crippen LogP contribution is 2.13. The van der Waals surface area contributed by atoms with Gasteiger partial charge < -0.3 is 10.1 Å². The predicted octanol–water partition coefficient (Wildman–Crippen LogP) is 2.77. The molecular formula is C13H18ClN3O. The van der Waals surface area contributed by atoms with Gasteiger partial charge in [-0.1, -0.05) is 12.1 Å². The Morgan fingerprint density at radius 2 is 1.94 bits per heavy atom. The molecule has 0 spiro atoms. The van der Waals surface area contributed by atoms with Gasteiger partial charge in [-0.05, 0) is 24.6 Å². The molecule has 0 aliphatic heterocycles. The zero-order valence-corrected chi connectivity index (χ0v) is 11.6. The van der Waals surface area contributed by atoms with Gasteiger partial charge >= 0.3 is 0 Å². The molecule has 0 radical (unpaired) electrons. The molecule has 1 N–H and O–H groups in total. The van der Waals surface area contributed by atoms with Gasteiger partial charge in [-0.25, -0.2) is 0 Å². The Balaban J connectivity index is 0.00000162. The highest BCUT2D eigenvalue weighted by molar-refractivity contribution is 5.85. The van der Waals surface area contributed by atoms with Crippen molar-refractivity contribution in [2.45, 2.75) is 13.5 Å². The third kappa shape index (κ3) is 3.40. The molecule has 18 heavy (non-hydrogen) atoms. The van der Waals surface area contributed by atoms with E-state index >= 15 is 0 Å². The van der Waals surface area contributed by atoms with Gasteiger partial charge in [0.15, 0.2) is 0 Å². The first-order valence-corrected chi connectivity index (χ1v) is 5.56. The first kappa shape index (κ1) is 14.4. The van der Waals surface area contributed by atoms with Crippen molar-refractivity contribution in [3.05, 3.63) is 41.6 Å². The summed E-state index contributed by atoms with van der Waals surface area (Å²) in [6.07, 6.45) is 0. The summed E-state index contributed by atoms with van der Waals surface area (Å²) in [7, 11) is 3.61. The lowest BCUT2D eigenvalue weighted by atomic mass is 10.2. The van der Waals surface area contributed by atoms with Gasteiger partial charge in [0.2, 0.25) is 0 Å². The zero-order chi connectivity index (χ0) is 12.3. The molecule has 2 aromatic rings. The molecule has 0 amide bonds. The van der Waals surface area contributed by atoms with Gasteiger partial charge in [0.05, 0.1) is 12.8 Å². The van der Waals surface area contributed by atoms with Crippen LogP contribution in [0.2, 0.25) is 0 Å². The Morgan fingerprint density at radius 1 is 1.28 bits per heavy atom. The lowest BCUT2D eigenvalue weighted by Crippen LogP contribution is -2.04. The fourth-order valence-electron chi connectivity index (χ4n) is 1.71. The quantitative estimate of drug-likeness (QED) is 0.926. The largest absolute Gasteiger partial charge is 0.497 e. The van der Waals surface area contributed by atoms with E-state index in [1.807, 2.05) is 36.9 Å². The van der Waals surface area contributed by atoms with Crippen molar-refractivity contribution in [1.29, 1.82) is 0 Å². The van der Waals surface area contributed by atoms with Crippen LogP contribution in [0.3, 0.4) is 0 Å². The maximum atomic E-state index is 5.12. The van der Waals surface area contributed by atoms with Gasteiger partial charge in [0.25, 0.3) is 0 Å². The molecule has 98 valence electrons. The van der Waals surface area contributed by atoms with E-state index in [0.717, 1.165) is 23.8 Å². The van der Waals surface area contributed by atoms with Crippen LogP contribution in [-0.2, 0) is 13.6 Å². The van der Waals surface area contributed by atoms with Crippen LogP contribution in [-0.4, -0.2) is 16.9 Å². The Bertz CT molecular complexity index is 493. The van der Waals surface area contributed by atoms with Crippen LogP contribution in [0.1, 0.15) is 11.3 Å². The van der Waals surface area contributed by atoms with Crippen molar-refractivity contribution in [2.24, 2.45) is 7.05 Å². The van der Waals surface area contributed by atoms with E-state index in [9.17, 15) is 0 Å². The molecule has 4 nitrogen and oxygen atoms in total. The summed E-state index contributed by atoms with van der Waals surface area (Å²) in [4.78, 5) is 0. The zero-order valence-electron chi connectivity index (χ0n) is 10.8. The van der Waals surface area contributed by atoms with E-state index in [4.69, 9.17) is 4.74 Å². The van der Waals surface area contributed by atoms with Gasteiger partial charge in [0, 0.05) is 19.7 Å². The Hall–Kier alpha value is -1.68. The number of anilines is 1.